The quantitative estimate of drug-likeness (QED) is 0.668. The number of aromatic nitrogens is 4. The van der Waals surface area contributed by atoms with Gasteiger partial charge in [-0.2, -0.15) is 9.97 Å². The highest BCUT2D eigenvalue weighted by atomic mass is 16.5. The second-order valence-corrected chi connectivity index (χ2v) is 3.44. The van der Waals surface area contributed by atoms with Gasteiger partial charge in [0.1, 0.15) is 0 Å². The van der Waals surface area contributed by atoms with Crippen molar-refractivity contribution in [1.82, 2.24) is 20.3 Å². The van der Waals surface area contributed by atoms with Crippen molar-refractivity contribution in [2.75, 3.05) is 0 Å². The first kappa shape index (κ1) is 9.71. The summed E-state index contributed by atoms with van der Waals surface area (Å²) in [4.78, 5) is 8.20. The Kier molecular flexibility index (Phi) is 2.18. The summed E-state index contributed by atoms with van der Waals surface area (Å²) in [5, 5.41) is 7.52. The fraction of sp³-hybridized carbons (Fsp3) is 0.0909. The maximum atomic E-state index is 5.06. The fourth-order valence-corrected chi connectivity index (χ4v) is 1.40. The first-order valence-corrected chi connectivity index (χ1v) is 5.03. The average molecular weight is 228 g/mol. The van der Waals surface area contributed by atoms with Gasteiger partial charge in [-0.3, -0.25) is 0 Å². The zero-order valence-corrected chi connectivity index (χ0v) is 8.99. The Hall–Kier alpha value is -2.50. The van der Waals surface area contributed by atoms with E-state index in [-0.39, 0.29) is 11.8 Å². The molecule has 0 bridgehead atoms. The van der Waals surface area contributed by atoms with E-state index in [1.54, 1.807) is 6.92 Å². The van der Waals surface area contributed by atoms with E-state index in [9.17, 15) is 0 Å². The molecule has 0 spiro atoms. The molecule has 0 unspecified atom stereocenters. The first-order chi connectivity index (χ1) is 8.33. The molecule has 17 heavy (non-hydrogen) atoms. The predicted octanol–water partition coefficient (Wildman–Crippen LogP) is 2.10. The second-order valence-electron chi connectivity index (χ2n) is 3.44. The fourth-order valence-electron chi connectivity index (χ4n) is 1.40. The first-order valence-electron chi connectivity index (χ1n) is 5.03. The molecule has 0 saturated heterocycles. The predicted molar refractivity (Wildman–Crippen MR) is 57.8 cm³/mol. The van der Waals surface area contributed by atoms with Crippen LogP contribution in [-0.2, 0) is 0 Å². The highest BCUT2D eigenvalue weighted by Gasteiger charge is 2.15. The lowest BCUT2D eigenvalue weighted by atomic mass is 10.2. The van der Waals surface area contributed by atoms with E-state index in [2.05, 4.69) is 20.3 Å². The van der Waals surface area contributed by atoms with E-state index in [0.717, 1.165) is 5.56 Å². The zero-order chi connectivity index (χ0) is 11.7. The summed E-state index contributed by atoms with van der Waals surface area (Å²) in [6.45, 7) is 1.72. The molecule has 0 N–H and O–H groups in total. The third-order valence-corrected chi connectivity index (χ3v) is 2.17. The maximum absolute atomic E-state index is 5.06. The molecule has 1 aromatic carbocycles. The second kappa shape index (κ2) is 3.82. The molecule has 0 atom stereocenters. The van der Waals surface area contributed by atoms with Gasteiger partial charge in [-0.1, -0.05) is 40.6 Å². The van der Waals surface area contributed by atoms with Crippen molar-refractivity contribution in [2.45, 2.75) is 6.92 Å². The lowest BCUT2D eigenvalue weighted by Crippen LogP contribution is -1.80. The molecule has 3 aromatic rings. The number of benzene rings is 1. The molecule has 0 saturated carbocycles. The molecule has 0 aliphatic heterocycles. The van der Waals surface area contributed by atoms with Crippen LogP contribution in [0.2, 0.25) is 0 Å². The van der Waals surface area contributed by atoms with Gasteiger partial charge >= 0.3 is 11.8 Å². The Labute approximate surface area is 96.3 Å². The third kappa shape index (κ3) is 1.80. The van der Waals surface area contributed by atoms with Crippen molar-refractivity contribution in [2.24, 2.45) is 0 Å². The molecule has 0 aliphatic carbocycles. The van der Waals surface area contributed by atoms with Crippen LogP contribution in [0.4, 0.5) is 0 Å². The summed E-state index contributed by atoms with van der Waals surface area (Å²) in [6, 6.07) is 9.53. The van der Waals surface area contributed by atoms with Crippen LogP contribution < -0.4 is 0 Å². The highest BCUT2D eigenvalue weighted by Crippen LogP contribution is 2.20. The van der Waals surface area contributed by atoms with E-state index in [4.69, 9.17) is 9.05 Å². The Morgan fingerprint density at radius 1 is 0.882 bits per heavy atom. The Bertz CT molecular complexity index is 630. The minimum absolute atomic E-state index is 0.226. The van der Waals surface area contributed by atoms with Gasteiger partial charge in [0.15, 0.2) is 5.82 Å². The summed E-state index contributed by atoms with van der Waals surface area (Å²) in [5.41, 5.74) is 0.874. The highest BCUT2D eigenvalue weighted by molar-refractivity contribution is 5.55. The summed E-state index contributed by atoms with van der Waals surface area (Å²) >= 11 is 0. The van der Waals surface area contributed by atoms with E-state index in [1.807, 2.05) is 30.3 Å². The van der Waals surface area contributed by atoms with Gasteiger partial charge in [-0.15, -0.1) is 0 Å². The smallest absolute Gasteiger partial charge is 0.316 e. The van der Waals surface area contributed by atoms with Crippen LogP contribution in [0, 0.1) is 6.92 Å². The zero-order valence-electron chi connectivity index (χ0n) is 8.99. The summed E-state index contributed by atoms with van der Waals surface area (Å²) in [5.74, 6) is 1.48. The van der Waals surface area contributed by atoms with Crippen molar-refractivity contribution in [1.29, 1.82) is 0 Å². The average Bonchev–Trinajstić information content (AvgIpc) is 2.98. The van der Waals surface area contributed by atoms with Crippen molar-refractivity contribution in [3.63, 3.8) is 0 Å². The van der Waals surface area contributed by atoms with Crippen LogP contribution in [0.15, 0.2) is 39.4 Å². The van der Waals surface area contributed by atoms with Gasteiger partial charge in [0.2, 0.25) is 5.82 Å². The Morgan fingerprint density at radius 3 is 2.29 bits per heavy atom. The largest absolute Gasteiger partial charge is 0.329 e. The molecule has 0 amide bonds. The van der Waals surface area contributed by atoms with Gasteiger partial charge in [-0.25, -0.2) is 0 Å². The minimum atomic E-state index is 0.226. The monoisotopic (exact) mass is 228 g/mol. The number of rotatable bonds is 2. The van der Waals surface area contributed by atoms with Gasteiger partial charge in [0, 0.05) is 5.56 Å². The molecule has 2 heterocycles. The molecule has 0 radical (unpaired) electrons. The third-order valence-electron chi connectivity index (χ3n) is 2.17. The number of hydrogen-bond donors (Lipinski definition) is 0. The molecule has 6 heteroatoms. The number of nitrogens with zero attached hydrogens (tertiary/aromatic N) is 4. The van der Waals surface area contributed by atoms with E-state index in [1.165, 1.54) is 0 Å². The van der Waals surface area contributed by atoms with E-state index >= 15 is 0 Å². The van der Waals surface area contributed by atoms with Crippen LogP contribution in [0.3, 0.4) is 0 Å². The molecule has 84 valence electrons. The maximum Gasteiger partial charge on any atom is 0.316 e. The summed E-state index contributed by atoms with van der Waals surface area (Å²) in [7, 11) is 0. The lowest BCUT2D eigenvalue weighted by Gasteiger charge is -1.89. The van der Waals surface area contributed by atoms with E-state index in [0.29, 0.717) is 11.6 Å². The van der Waals surface area contributed by atoms with Gasteiger partial charge in [0.05, 0.1) is 0 Å². The standard InChI is InChI=1S/C11H8N4O2/c1-7-12-10(16-14-7)11-13-9(15-17-11)8-5-3-2-4-6-8/h2-6H,1H3. The summed E-state index contributed by atoms with van der Waals surface area (Å²) in [6.07, 6.45) is 0. The van der Waals surface area contributed by atoms with Crippen LogP contribution in [0.1, 0.15) is 5.82 Å². The topological polar surface area (TPSA) is 77.8 Å². The van der Waals surface area contributed by atoms with Crippen molar-refractivity contribution in [3.8, 4) is 23.2 Å². The molecule has 2 aromatic heterocycles. The Balaban J connectivity index is 1.99. The molecule has 0 fully saturated rings. The van der Waals surface area contributed by atoms with Crippen LogP contribution in [0.25, 0.3) is 23.2 Å². The van der Waals surface area contributed by atoms with Crippen LogP contribution in [0.5, 0.6) is 0 Å². The van der Waals surface area contributed by atoms with Gasteiger partial charge in [0.25, 0.3) is 0 Å². The number of aryl methyl sites for hydroxylation is 1. The normalized spacial score (nSPS) is 10.6. The molecular weight excluding hydrogens is 220 g/mol. The lowest BCUT2D eigenvalue weighted by molar-refractivity contribution is 0.381. The Morgan fingerprint density at radius 2 is 1.59 bits per heavy atom. The molecule has 6 nitrogen and oxygen atoms in total. The van der Waals surface area contributed by atoms with Crippen LogP contribution in [-0.4, -0.2) is 20.3 Å². The SMILES string of the molecule is Cc1noc(-c2nc(-c3ccccc3)no2)n1. The molecule has 3 rings (SSSR count). The molecule has 0 aliphatic rings. The van der Waals surface area contributed by atoms with Gasteiger partial charge < -0.3 is 9.05 Å². The van der Waals surface area contributed by atoms with Crippen molar-refractivity contribution in [3.05, 3.63) is 36.2 Å². The van der Waals surface area contributed by atoms with Crippen LogP contribution >= 0.6 is 0 Å². The minimum Gasteiger partial charge on any atom is -0.329 e. The van der Waals surface area contributed by atoms with Gasteiger partial charge in [-0.05, 0) is 6.92 Å². The number of hydrogen-bond acceptors (Lipinski definition) is 6. The van der Waals surface area contributed by atoms with E-state index < -0.39 is 0 Å². The molecular formula is C11H8N4O2. The van der Waals surface area contributed by atoms with Crippen molar-refractivity contribution >= 4 is 0 Å². The summed E-state index contributed by atoms with van der Waals surface area (Å²) < 4.78 is 10.0. The van der Waals surface area contributed by atoms with Crippen molar-refractivity contribution < 1.29 is 9.05 Å².